The van der Waals surface area contributed by atoms with Crippen LogP contribution in [-0.2, 0) is 10.0 Å². The highest BCUT2D eigenvalue weighted by Gasteiger charge is 2.24. The summed E-state index contributed by atoms with van der Waals surface area (Å²) in [7, 11) is -3.16. The van der Waals surface area contributed by atoms with Gasteiger partial charge in [0.05, 0.1) is 23.5 Å². The number of phenolic OH excluding ortho intramolecular Hbond substituents is 1. The molecule has 1 aromatic heterocycles. The van der Waals surface area contributed by atoms with Crippen LogP contribution in [0, 0.1) is 13.8 Å². The molecule has 1 aliphatic heterocycles. The zero-order chi connectivity index (χ0) is 20.8. The predicted molar refractivity (Wildman–Crippen MR) is 115 cm³/mol. The van der Waals surface area contributed by atoms with Crippen LogP contribution in [0.3, 0.4) is 0 Å². The highest BCUT2D eigenvalue weighted by molar-refractivity contribution is 7.88. The largest absolute Gasteiger partial charge is 0.507 e. The number of fused-ring (bicyclic) bond motifs is 1. The van der Waals surface area contributed by atoms with Gasteiger partial charge in [0.1, 0.15) is 11.6 Å². The smallest absolute Gasteiger partial charge is 0.211 e. The standard InChI is InChI=1S/C21H24N4O3S/c1-14-10-17(11-15(2)21(14)26)16-4-5-18-19(12-16)23-20(13-22-18)24-6-8-25(9-7-24)29(3,27)28/h4-5,10-13,26H,6-9H2,1-3H3. The lowest BCUT2D eigenvalue weighted by atomic mass is 9.99. The first-order chi connectivity index (χ1) is 13.7. The maximum absolute atomic E-state index is 11.7. The minimum atomic E-state index is -3.16. The number of aromatic nitrogens is 2. The molecule has 2 aromatic carbocycles. The summed E-state index contributed by atoms with van der Waals surface area (Å²) in [5.74, 6) is 1.07. The summed E-state index contributed by atoms with van der Waals surface area (Å²) < 4.78 is 24.9. The summed E-state index contributed by atoms with van der Waals surface area (Å²) in [5.41, 5.74) is 5.30. The topological polar surface area (TPSA) is 86.6 Å². The molecule has 1 saturated heterocycles. The van der Waals surface area contributed by atoms with E-state index in [4.69, 9.17) is 4.98 Å². The SMILES string of the molecule is Cc1cc(-c2ccc3ncc(N4CCN(S(C)(=O)=O)CC4)nc3c2)cc(C)c1O. The van der Waals surface area contributed by atoms with Crippen LogP contribution in [-0.4, -0.2) is 60.2 Å². The summed E-state index contributed by atoms with van der Waals surface area (Å²) >= 11 is 0. The van der Waals surface area contributed by atoms with Gasteiger partial charge in [-0.25, -0.2) is 13.4 Å². The van der Waals surface area contributed by atoms with E-state index in [1.165, 1.54) is 10.6 Å². The third-order valence-electron chi connectivity index (χ3n) is 5.39. The van der Waals surface area contributed by atoms with Crippen molar-refractivity contribution in [2.24, 2.45) is 0 Å². The second kappa shape index (κ2) is 7.27. The Hall–Kier alpha value is -2.71. The highest BCUT2D eigenvalue weighted by atomic mass is 32.2. The van der Waals surface area contributed by atoms with Gasteiger partial charge < -0.3 is 10.0 Å². The van der Waals surface area contributed by atoms with E-state index >= 15 is 0 Å². The van der Waals surface area contributed by atoms with Crippen molar-refractivity contribution < 1.29 is 13.5 Å². The van der Waals surface area contributed by atoms with Crippen molar-refractivity contribution in [2.75, 3.05) is 37.3 Å². The number of hydrogen-bond acceptors (Lipinski definition) is 6. The number of hydrogen-bond donors (Lipinski definition) is 1. The van der Waals surface area contributed by atoms with Gasteiger partial charge in [0.25, 0.3) is 0 Å². The first kappa shape index (κ1) is 19.6. The van der Waals surface area contributed by atoms with Gasteiger partial charge in [-0.2, -0.15) is 4.31 Å². The molecule has 0 atom stereocenters. The molecule has 1 N–H and O–H groups in total. The second-order valence-corrected chi connectivity index (χ2v) is 9.52. The fourth-order valence-electron chi connectivity index (χ4n) is 3.71. The van der Waals surface area contributed by atoms with Crippen LogP contribution >= 0.6 is 0 Å². The molecule has 0 saturated carbocycles. The lowest BCUT2D eigenvalue weighted by Crippen LogP contribution is -2.48. The van der Waals surface area contributed by atoms with E-state index in [0.29, 0.717) is 31.9 Å². The quantitative estimate of drug-likeness (QED) is 0.712. The number of nitrogens with zero attached hydrogens (tertiary/aromatic N) is 4. The van der Waals surface area contributed by atoms with Crippen molar-refractivity contribution in [1.29, 1.82) is 0 Å². The average Bonchev–Trinajstić information content (AvgIpc) is 2.70. The van der Waals surface area contributed by atoms with Gasteiger partial charge in [0.15, 0.2) is 0 Å². The minimum Gasteiger partial charge on any atom is -0.507 e. The Morgan fingerprint density at radius 1 is 0.931 bits per heavy atom. The van der Waals surface area contributed by atoms with Gasteiger partial charge in [-0.15, -0.1) is 0 Å². The average molecular weight is 413 g/mol. The molecule has 1 aliphatic rings. The first-order valence-corrected chi connectivity index (χ1v) is 11.3. The predicted octanol–water partition coefficient (Wildman–Crippen LogP) is 2.70. The molecule has 29 heavy (non-hydrogen) atoms. The number of aromatic hydroxyl groups is 1. The fraction of sp³-hybridized carbons (Fsp3) is 0.333. The molecule has 152 valence electrons. The molecular weight excluding hydrogens is 388 g/mol. The molecule has 7 nitrogen and oxygen atoms in total. The van der Waals surface area contributed by atoms with E-state index in [9.17, 15) is 13.5 Å². The van der Waals surface area contributed by atoms with E-state index in [-0.39, 0.29) is 0 Å². The zero-order valence-electron chi connectivity index (χ0n) is 16.8. The molecular formula is C21H24N4O3S. The summed E-state index contributed by atoms with van der Waals surface area (Å²) in [5, 5.41) is 10.0. The highest BCUT2D eigenvalue weighted by Crippen LogP contribution is 2.30. The Balaban J connectivity index is 1.64. The van der Waals surface area contributed by atoms with E-state index < -0.39 is 10.0 Å². The molecule has 4 rings (SSSR count). The van der Waals surface area contributed by atoms with Crippen LogP contribution in [0.5, 0.6) is 5.75 Å². The van der Waals surface area contributed by atoms with Gasteiger partial charge in [-0.1, -0.05) is 6.07 Å². The monoisotopic (exact) mass is 412 g/mol. The van der Waals surface area contributed by atoms with Crippen molar-refractivity contribution in [3.8, 4) is 16.9 Å². The van der Waals surface area contributed by atoms with Gasteiger partial charge in [-0.05, 0) is 60.4 Å². The lowest BCUT2D eigenvalue weighted by Gasteiger charge is -2.33. The molecule has 0 radical (unpaired) electrons. The molecule has 3 aromatic rings. The van der Waals surface area contributed by atoms with Crippen LogP contribution < -0.4 is 4.90 Å². The molecule has 0 unspecified atom stereocenters. The Morgan fingerprint density at radius 2 is 1.59 bits per heavy atom. The van der Waals surface area contributed by atoms with E-state index in [1.807, 2.05) is 44.2 Å². The molecule has 0 bridgehead atoms. The van der Waals surface area contributed by atoms with Crippen molar-refractivity contribution in [3.05, 3.63) is 47.7 Å². The van der Waals surface area contributed by atoms with Crippen LogP contribution in [0.4, 0.5) is 5.82 Å². The number of phenols is 1. The lowest BCUT2D eigenvalue weighted by molar-refractivity contribution is 0.387. The second-order valence-electron chi connectivity index (χ2n) is 7.54. The summed E-state index contributed by atoms with van der Waals surface area (Å²) in [6, 6.07) is 9.88. The maximum atomic E-state index is 11.7. The zero-order valence-corrected chi connectivity index (χ0v) is 17.6. The van der Waals surface area contributed by atoms with Crippen molar-refractivity contribution in [3.63, 3.8) is 0 Å². The Bertz CT molecular complexity index is 1160. The van der Waals surface area contributed by atoms with Crippen LogP contribution in [0.25, 0.3) is 22.2 Å². The summed E-state index contributed by atoms with van der Waals surface area (Å²) in [4.78, 5) is 11.4. The minimum absolute atomic E-state index is 0.324. The Kier molecular flexibility index (Phi) is 4.92. The van der Waals surface area contributed by atoms with Crippen LogP contribution in [0.2, 0.25) is 0 Å². The molecule has 1 fully saturated rings. The van der Waals surface area contributed by atoms with E-state index in [1.54, 1.807) is 6.20 Å². The van der Waals surface area contributed by atoms with Crippen molar-refractivity contribution in [1.82, 2.24) is 14.3 Å². The molecule has 2 heterocycles. The van der Waals surface area contributed by atoms with Crippen LogP contribution in [0.15, 0.2) is 36.5 Å². The molecule has 0 amide bonds. The van der Waals surface area contributed by atoms with Gasteiger partial charge in [0.2, 0.25) is 10.0 Å². The number of aryl methyl sites for hydroxylation is 2. The summed E-state index contributed by atoms with van der Waals surface area (Å²) in [6.07, 6.45) is 2.99. The number of anilines is 1. The number of benzene rings is 2. The van der Waals surface area contributed by atoms with Crippen LogP contribution in [0.1, 0.15) is 11.1 Å². The van der Waals surface area contributed by atoms with Gasteiger partial charge in [0, 0.05) is 26.2 Å². The number of sulfonamides is 1. The maximum Gasteiger partial charge on any atom is 0.211 e. The first-order valence-electron chi connectivity index (χ1n) is 9.50. The van der Waals surface area contributed by atoms with E-state index in [2.05, 4.69) is 9.88 Å². The van der Waals surface area contributed by atoms with Gasteiger partial charge >= 0.3 is 0 Å². The normalized spacial score (nSPS) is 15.8. The Labute approximate surface area is 170 Å². The third kappa shape index (κ3) is 3.90. The fourth-order valence-corrected chi connectivity index (χ4v) is 4.53. The van der Waals surface area contributed by atoms with Crippen molar-refractivity contribution >= 4 is 26.9 Å². The van der Waals surface area contributed by atoms with Gasteiger partial charge in [-0.3, -0.25) is 4.98 Å². The molecule has 0 spiro atoms. The van der Waals surface area contributed by atoms with E-state index in [0.717, 1.165) is 39.1 Å². The molecule has 8 heteroatoms. The Morgan fingerprint density at radius 3 is 2.21 bits per heavy atom. The summed E-state index contributed by atoms with van der Waals surface area (Å²) in [6.45, 7) is 5.85. The third-order valence-corrected chi connectivity index (χ3v) is 6.69. The number of piperazine rings is 1. The van der Waals surface area contributed by atoms with Crippen molar-refractivity contribution in [2.45, 2.75) is 13.8 Å². The number of rotatable bonds is 3. The molecule has 0 aliphatic carbocycles.